The van der Waals surface area contributed by atoms with Gasteiger partial charge < -0.3 is 10.1 Å². The normalized spacial score (nSPS) is 10.8. The SMILES string of the molecule is CCOC(=O)c1ccc(-n2c(-c3ccccn3)nc3ccccc32)c(NC(=O)c2ccc(F)cc2)c1. The number of nitrogens with zero attached hydrogens (tertiary/aromatic N) is 3. The molecule has 0 atom stereocenters. The van der Waals surface area contributed by atoms with Gasteiger partial charge in [0.1, 0.15) is 11.5 Å². The molecule has 0 fully saturated rings. The van der Waals surface area contributed by atoms with E-state index in [1.807, 2.05) is 47.0 Å². The Balaban J connectivity index is 1.70. The third-order valence-corrected chi connectivity index (χ3v) is 5.56. The van der Waals surface area contributed by atoms with Gasteiger partial charge in [-0.05, 0) is 73.7 Å². The fourth-order valence-electron chi connectivity index (χ4n) is 3.90. The Kier molecular flexibility index (Phi) is 6.23. The molecule has 0 spiro atoms. The summed E-state index contributed by atoms with van der Waals surface area (Å²) in [6, 6.07) is 23.3. The average Bonchev–Trinajstić information content (AvgIpc) is 3.29. The van der Waals surface area contributed by atoms with Crippen LogP contribution < -0.4 is 5.32 Å². The monoisotopic (exact) mass is 480 g/mol. The Morgan fingerprint density at radius 3 is 2.44 bits per heavy atom. The number of carbonyl (C=O) groups is 2. The van der Waals surface area contributed by atoms with Gasteiger partial charge >= 0.3 is 5.97 Å². The lowest BCUT2D eigenvalue weighted by Gasteiger charge is -2.16. The summed E-state index contributed by atoms with van der Waals surface area (Å²) in [4.78, 5) is 34.8. The lowest BCUT2D eigenvalue weighted by atomic mass is 10.1. The van der Waals surface area contributed by atoms with Crippen LogP contribution in [0.1, 0.15) is 27.6 Å². The number of rotatable bonds is 6. The average molecular weight is 480 g/mol. The molecule has 1 N–H and O–H groups in total. The highest BCUT2D eigenvalue weighted by Gasteiger charge is 2.20. The number of imidazole rings is 1. The molecule has 36 heavy (non-hydrogen) atoms. The van der Waals surface area contributed by atoms with Crippen molar-refractivity contribution in [3.63, 3.8) is 0 Å². The summed E-state index contributed by atoms with van der Waals surface area (Å²) in [5.74, 6) is -0.845. The number of pyridine rings is 1. The van der Waals surface area contributed by atoms with Gasteiger partial charge in [0.05, 0.1) is 34.6 Å². The molecule has 0 aliphatic heterocycles. The number of nitrogens with one attached hydrogen (secondary N) is 1. The molecule has 0 bridgehead atoms. The van der Waals surface area contributed by atoms with Crippen LogP contribution in [0.5, 0.6) is 0 Å². The van der Waals surface area contributed by atoms with Crippen molar-refractivity contribution in [1.82, 2.24) is 14.5 Å². The second-order valence-corrected chi connectivity index (χ2v) is 7.89. The number of halogens is 1. The van der Waals surface area contributed by atoms with Gasteiger partial charge in [-0.2, -0.15) is 0 Å². The highest BCUT2D eigenvalue weighted by atomic mass is 19.1. The minimum absolute atomic E-state index is 0.216. The third-order valence-electron chi connectivity index (χ3n) is 5.56. The first-order chi connectivity index (χ1) is 17.5. The molecule has 7 nitrogen and oxygen atoms in total. The summed E-state index contributed by atoms with van der Waals surface area (Å²) in [7, 11) is 0. The standard InChI is InChI=1S/C28H21FN4O3/c1-2-36-28(35)19-12-15-25(23(17-19)32-27(34)18-10-13-20(29)14-11-18)33-24-9-4-3-7-21(24)31-26(33)22-8-5-6-16-30-22/h3-17H,2H2,1H3,(H,32,34). The number of ether oxygens (including phenoxy) is 1. The van der Waals surface area contributed by atoms with Crippen LogP contribution in [0.2, 0.25) is 0 Å². The van der Waals surface area contributed by atoms with Crippen molar-refractivity contribution >= 4 is 28.6 Å². The van der Waals surface area contributed by atoms with Crippen molar-refractivity contribution in [2.24, 2.45) is 0 Å². The van der Waals surface area contributed by atoms with Crippen LogP contribution in [0.4, 0.5) is 10.1 Å². The highest BCUT2D eigenvalue weighted by Crippen LogP contribution is 2.32. The van der Waals surface area contributed by atoms with E-state index in [9.17, 15) is 14.0 Å². The largest absolute Gasteiger partial charge is 0.462 e. The smallest absolute Gasteiger partial charge is 0.338 e. The van der Waals surface area contributed by atoms with Crippen molar-refractivity contribution in [2.75, 3.05) is 11.9 Å². The van der Waals surface area contributed by atoms with E-state index in [1.165, 1.54) is 24.3 Å². The molecule has 178 valence electrons. The zero-order valence-electron chi connectivity index (χ0n) is 19.3. The zero-order chi connectivity index (χ0) is 25.1. The number of para-hydroxylation sites is 2. The van der Waals surface area contributed by atoms with Gasteiger partial charge in [0, 0.05) is 11.8 Å². The lowest BCUT2D eigenvalue weighted by molar-refractivity contribution is 0.0526. The number of carbonyl (C=O) groups excluding carboxylic acids is 2. The molecule has 2 aromatic heterocycles. The van der Waals surface area contributed by atoms with Gasteiger partial charge in [-0.1, -0.05) is 18.2 Å². The topological polar surface area (TPSA) is 86.1 Å². The summed E-state index contributed by atoms with van der Waals surface area (Å²) in [6.07, 6.45) is 1.68. The summed E-state index contributed by atoms with van der Waals surface area (Å²) < 4.78 is 20.4. The number of aromatic nitrogens is 3. The Morgan fingerprint density at radius 2 is 1.69 bits per heavy atom. The fraction of sp³-hybridized carbons (Fsp3) is 0.0714. The molecule has 0 saturated heterocycles. The van der Waals surface area contributed by atoms with Crippen LogP contribution in [0.15, 0.2) is 91.1 Å². The number of esters is 1. The van der Waals surface area contributed by atoms with E-state index in [2.05, 4.69) is 10.3 Å². The summed E-state index contributed by atoms with van der Waals surface area (Å²) in [6.45, 7) is 1.94. The molecule has 5 rings (SSSR count). The molecule has 3 aromatic carbocycles. The van der Waals surface area contributed by atoms with Gasteiger partial charge in [0.2, 0.25) is 0 Å². The third kappa shape index (κ3) is 4.44. The first-order valence-corrected chi connectivity index (χ1v) is 11.3. The Morgan fingerprint density at radius 1 is 0.944 bits per heavy atom. The number of anilines is 1. The molecule has 2 heterocycles. The minimum atomic E-state index is -0.512. The zero-order valence-corrected chi connectivity index (χ0v) is 19.3. The van der Waals surface area contributed by atoms with Gasteiger partial charge in [-0.25, -0.2) is 14.2 Å². The van der Waals surface area contributed by atoms with Crippen molar-refractivity contribution in [3.05, 3.63) is 108 Å². The van der Waals surface area contributed by atoms with Crippen LogP contribution in [-0.4, -0.2) is 33.0 Å². The number of hydrogen-bond donors (Lipinski definition) is 1. The lowest BCUT2D eigenvalue weighted by Crippen LogP contribution is -2.15. The Hall–Kier alpha value is -4.85. The minimum Gasteiger partial charge on any atom is -0.462 e. The van der Waals surface area contributed by atoms with Crippen LogP contribution in [0.25, 0.3) is 28.2 Å². The number of benzene rings is 3. The quantitative estimate of drug-likeness (QED) is 0.317. The molecule has 0 unspecified atom stereocenters. The van der Waals surface area contributed by atoms with Gasteiger partial charge in [0.25, 0.3) is 5.91 Å². The van der Waals surface area contributed by atoms with Crippen LogP contribution in [0, 0.1) is 5.82 Å². The molecule has 8 heteroatoms. The number of hydrogen-bond acceptors (Lipinski definition) is 5. The second kappa shape index (κ2) is 9.79. The van der Waals surface area contributed by atoms with E-state index < -0.39 is 17.7 Å². The van der Waals surface area contributed by atoms with E-state index in [-0.39, 0.29) is 17.7 Å². The molecular formula is C28H21FN4O3. The summed E-state index contributed by atoms with van der Waals surface area (Å²) >= 11 is 0. The molecular weight excluding hydrogens is 459 g/mol. The van der Waals surface area contributed by atoms with Gasteiger partial charge in [-0.3, -0.25) is 14.3 Å². The maximum absolute atomic E-state index is 13.4. The van der Waals surface area contributed by atoms with E-state index in [0.29, 0.717) is 22.9 Å². The van der Waals surface area contributed by atoms with E-state index in [1.54, 1.807) is 31.3 Å². The van der Waals surface area contributed by atoms with Gasteiger partial charge in [0.15, 0.2) is 5.82 Å². The Bertz CT molecular complexity index is 1560. The predicted molar refractivity (Wildman–Crippen MR) is 135 cm³/mol. The van der Waals surface area contributed by atoms with E-state index >= 15 is 0 Å². The van der Waals surface area contributed by atoms with Crippen LogP contribution >= 0.6 is 0 Å². The molecule has 0 aliphatic carbocycles. The fourth-order valence-corrected chi connectivity index (χ4v) is 3.90. The molecule has 0 saturated carbocycles. The van der Waals surface area contributed by atoms with Crippen LogP contribution in [0.3, 0.4) is 0 Å². The highest BCUT2D eigenvalue weighted by molar-refractivity contribution is 6.06. The first kappa shape index (κ1) is 22.9. The molecule has 1 amide bonds. The molecule has 5 aromatic rings. The van der Waals surface area contributed by atoms with Crippen molar-refractivity contribution < 1.29 is 18.7 Å². The predicted octanol–water partition coefficient (Wildman–Crippen LogP) is 5.66. The first-order valence-electron chi connectivity index (χ1n) is 11.3. The van der Waals surface area contributed by atoms with Gasteiger partial charge in [-0.15, -0.1) is 0 Å². The number of fused-ring (bicyclic) bond motifs is 1. The summed E-state index contributed by atoms with van der Waals surface area (Å²) in [5.41, 5.74) is 3.65. The number of amides is 1. The van der Waals surface area contributed by atoms with E-state index in [0.717, 1.165) is 11.0 Å². The molecule has 0 aliphatic rings. The second-order valence-electron chi connectivity index (χ2n) is 7.89. The van der Waals surface area contributed by atoms with Crippen molar-refractivity contribution in [3.8, 4) is 17.2 Å². The van der Waals surface area contributed by atoms with Crippen molar-refractivity contribution in [1.29, 1.82) is 0 Å². The maximum atomic E-state index is 13.4. The Labute approximate surface area is 206 Å². The van der Waals surface area contributed by atoms with Crippen molar-refractivity contribution in [2.45, 2.75) is 6.92 Å². The van der Waals surface area contributed by atoms with E-state index in [4.69, 9.17) is 9.72 Å². The maximum Gasteiger partial charge on any atom is 0.338 e. The molecule has 0 radical (unpaired) electrons. The van der Waals surface area contributed by atoms with Crippen LogP contribution in [-0.2, 0) is 4.74 Å². The summed E-state index contributed by atoms with van der Waals surface area (Å²) in [5, 5.41) is 2.88.